The van der Waals surface area contributed by atoms with Crippen LogP contribution in [0.1, 0.15) is 38.5 Å². The highest BCUT2D eigenvalue weighted by Gasteiger charge is 2.33. The van der Waals surface area contributed by atoms with Gasteiger partial charge in [0, 0.05) is 6.54 Å². The van der Waals surface area contributed by atoms with Gasteiger partial charge in [-0.3, -0.25) is 4.79 Å². The fourth-order valence-corrected chi connectivity index (χ4v) is 1.97. The molecule has 0 aliphatic heterocycles. The standard InChI is InChI=1S/C14H30N2O6/c15-7-5-3-1-2-4-6-8-16-14(22)13(21)12(20)11(19)10(18)9-17/h10-13,17-21H,1-9,15H2,(H,16,22)/t10-,11-,12+,13-/m1/s1. The van der Waals surface area contributed by atoms with Crippen LogP contribution in [0.3, 0.4) is 0 Å². The zero-order chi connectivity index (χ0) is 17.0. The van der Waals surface area contributed by atoms with Gasteiger partial charge in [0.25, 0.3) is 5.91 Å². The van der Waals surface area contributed by atoms with E-state index in [1.807, 2.05) is 0 Å². The van der Waals surface area contributed by atoms with Gasteiger partial charge in [0.05, 0.1) is 6.61 Å². The van der Waals surface area contributed by atoms with Gasteiger partial charge in [0.1, 0.15) is 18.3 Å². The van der Waals surface area contributed by atoms with Crippen molar-refractivity contribution in [1.82, 2.24) is 5.32 Å². The van der Waals surface area contributed by atoms with Gasteiger partial charge in [-0.15, -0.1) is 0 Å². The first-order valence-electron chi connectivity index (χ1n) is 7.76. The highest BCUT2D eigenvalue weighted by molar-refractivity contribution is 5.81. The van der Waals surface area contributed by atoms with Crippen molar-refractivity contribution >= 4 is 5.91 Å². The van der Waals surface area contributed by atoms with E-state index in [9.17, 15) is 20.1 Å². The van der Waals surface area contributed by atoms with Crippen molar-refractivity contribution in [2.75, 3.05) is 19.7 Å². The van der Waals surface area contributed by atoms with Crippen molar-refractivity contribution < 1.29 is 30.3 Å². The lowest BCUT2D eigenvalue weighted by Gasteiger charge is -2.24. The fraction of sp³-hybridized carbons (Fsp3) is 0.929. The fourth-order valence-electron chi connectivity index (χ4n) is 1.97. The monoisotopic (exact) mass is 322 g/mol. The quantitative estimate of drug-likeness (QED) is 0.190. The largest absolute Gasteiger partial charge is 0.394 e. The van der Waals surface area contributed by atoms with Crippen molar-refractivity contribution in [2.45, 2.75) is 62.9 Å². The highest BCUT2D eigenvalue weighted by Crippen LogP contribution is 2.06. The second-order valence-corrected chi connectivity index (χ2v) is 5.38. The van der Waals surface area contributed by atoms with E-state index in [1.54, 1.807) is 0 Å². The molecule has 0 fully saturated rings. The van der Waals surface area contributed by atoms with Gasteiger partial charge < -0.3 is 36.6 Å². The maximum atomic E-state index is 11.6. The van der Waals surface area contributed by atoms with Gasteiger partial charge in [0.2, 0.25) is 0 Å². The van der Waals surface area contributed by atoms with Gasteiger partial charge in [-0.2, -0.15) is 0 Å². The first-order chi connectivity index (χ1) is 10.5. The van der Waals surface area contributed by atoms with Crippen LogP contribution in [0.4, 0.5) is 0 Å². The molecule has 0 aromatic rings. The topological polar surface area (TPSA) is 156 Å². The molecule has 22 heavy (non-hydrogen) atoms. The molecule has 0 aromatic carbocycles. The van der Waals surface area contributed by atoms with E-state index in [0.717, 1.165) is 38.5 Å². The Balaban J connectivity index is 3.82. The van der Waals surface area contributed by atoms with Gasteiger partial charge in [-0.05, 0) is 19.4 Å². The Morgan fingerprint density at radius 2 is 1.45 bits per heavy atom. The molecule has 0 radical (unpaired) electrons. The summed E-state index contributed by atoms with van der Waals surface area (Å²) in [6, 6.07) is 0. The smallest absolute Gasteiger partial charge is 0.251 e. The van der Waals surface area contributed by atoms with Crippen molar-refractivity contribution in [1.29, 1.82) is 0 Å². The van der Waals surface area contributed by atoms with Crippen LogP contribution in [-0.4, -0.2) is 75.6 Å². The normalized spacial score (nSPS) is 16.8. The minimum absolute atomic E-state index is 0.359. The summed E-state index contributed by atoms with van der Waals surface area (Å²) in [6.45, 7) is 0.280. The van der Waals surface area contributed by atoms with Gasteiger partial charge in [-0.1, -0.05) is 25.7 Å². The van der Waals surface area contributed by atoms with Gasteiger partial charge in [-0.25, -0.2) is 0 Å². The Morgan fingerprint density at radius 3 is 2.00 bits per heavy atom. The van der Waals surface area contributed by atoms with Gasteiger partial charge >= 0.3 is 0 Å². The number of carbonyl (C=O) groups is 1. The van der Waals surface area contributed by atoms with Crippen molar-refractivity contribution in [2.24, 2.45) is 5.73 Å². The summed E-state index contributed by atoms with van der Waals surface area (Å²) in [7, 11) is 0. The number of aliphatic hydroxyl groups is 5. The number of unbranched alkanes of at least 4 members (excludes halogenated alkanes) is 5. The zero-order valence-corrected chi connectivity index (χ0v) is 12.9. The van der Waals surface area contributed by atoms with Crippen molar-refractivity contribution in [3.63, 3.8) is 0 Å². The summed E-state index contributed by atoms with van der Waals surface area (Å²) in [6.07, 6.45) is -1.20. The van der Waals surface area contributed by atoms with Crippen LogP contribution in [-0.2, 0) is 4.79 Å². The number of carbonyl (C=O) groups excluding carboxylic acids is 1. The number of hydrogen-bond acceptors (Lipinski definition) is 7. The average molecular weight is 322 g/mol. The molecule has 0 saturated heterocycles. The summed E-state index contributed by atoms with van der Waals surface area (Å²) in [5.41, 5.74) is 5.39. The van der Waals surface area contributed by atoms with E-state index in [1.165, 1.54) is 0 Å². The first-order valence-corrected chi connectivity index (χ1v) is 7.76. The Labute approximate surface area is 131 Å². The molecule has 1 amide bonds. The SMILES string of the molecule is NCCCCCCCCNC(=O)[C@H](O)[C@@H](O)[C@H](O)[C@H](O)CO. The Kier molecular flexibility index (Phi) is 12.3. The zero-order valence-electron chi connectivity index (χ0n) is 12.9. The van der Waals surface area contributed by atoms with Crippen LogP contribution >= 0.6 is 0 Å². The number of nitrogens with two attached hydrogens (primary N) is 1. The third kappa shape index (κ3) is 8.62. The molecule has 0 aliphatic carbocycles. The first kappa shape index (κ1) is 21.2. The van der Waals surface area contributed by atoms with E-state index >= 15 is 0 Å². The third-order valence-electron chi connectivity index (χ3n) is 3.45. The molecule has 0 aliphatic rings. The van der Waals surface area contributed by atoms with Crippen LogP contribution in [0.2, 0.25) is 0 Å². The molecule has 0 saturated carbocycles. The summed E-state index contributed by atoms with van der Waals surface area (Å²) in [5.74, 6) is -0.820. The number of amides is 1. The molecule has 0 rings (SSSR count). The van der Waals surface area contributed by atoms with Crippen LogP contribution in [0.25, 0.3) is 0 Å². The molecule has 4 atom stereocenters. The van der Waals surface area contributed by atoms with Crippen LogP contribution in [0.5, 0.6) is 0 Å². The van der Waals surface area contributed by atoms with Crippen LogP contribution in [0.15, 0.2) is 0 Å². The molecular formula is C14H30N2O6. The van der Waals surface area contributed by atoms with E-state index in [4.69, 9.17) is 15.9 Å². The lowest BCUT2D eigenvalue weighted by molar-refractivity contribution is -0.148. The number of hydrogen-bond donors (Lipinski definition) is 7. The number of aliphatic hydroxyl groups excluding tert-OH is 5. The molecule has 0 spiro atoms. The van der Waals surface area contributed by atoms with Crippen molar-refractivity contribution in [3.8, 4) is 0 Å². The molecule has 0 unspecified atom stereocenters. The lowest BCUT2D eigenvalue weighted by atomic mass is 10.0. The minimum atomic E-state index is -1.86. The number of nitrogens with one attached hydrogen (secondary N) is 1. The molecular weight excluding hydrogens is 292 g/mol. The maximum absolute atomic E-state index is 11.6. The highest BCUT2D eigenvalue weighted by atomic mass is 16.4. The Morgan fingerprint density at radius 1 is 0.909 bits per heavy atom. The predicted octanol–water partition coefficient (Wildman–Crippen LogP) is -2.16. The number of rotatable bonds is 13. The summed E-state index contributed by atoms with van der Waals surface area (Å²) in [5, 5.41) is 48.8. The predicted molar refractivity (Wildman–Crippen MR) is 80.9 cm³/mol. The second-order valence-electron chi connectivity index (χ2n) is 5.38. The minimum Gasteiger partial charge on any atom is -0.394 e. The van der Waals surface area contributed by atoms with Crippen LogP contribution in [0, 0.1) is 0 Å². The van der Waals surface area contributed by atoms with Gasteiger partial charge in [0.15, 0.2) is 6.10 Å². The third-order valence-corrected chi connectivity index (χ3v) is 3.45. The molecule has 8 nitrogen and oxygen atoms in total. The van der Waals surface area contributed by atoms with E-state index < -0.39 is 36.9 Å². The molecule has 8 heteroatoms. The maximum Gasteiger partial charge on any atom is 0.251 e. The molecule has 132 valence electrons. The molecule has 0 bridgehead atoms. The lowest BCUT2D eigenvalue weighted by Crippen LogP contribution is -2.51. The average Bonchev–Trinajstić information content (AvgIpc) is 2.54. The second kappa shape index (κ2) is 12.7. The molecule has 0 aromatic heterocycles. The molecule has 8 N–H and O–H groups in total. The van der Waals surface area contributed by atoms with E-state index in [-0.39, 0.29) is 0 Å². The summed E-state index contributed by atoms with van der Waals surface area (Å²) in [4.78, 5) is 11.6. The summed E-state index contributed by atoms with van der Waals surface area (Å²) >= 11 is 0. The molecule has 0 heterocycles. The van der Waals surface area contributed by atoms with E-state index in [0.29, 0.717) is 13.1 Å². The van der Waals surface area contributed by atoms with Crippen molar-refractivity contribution in [3.05, 3.63) is 0 Å². The Hall–Kier alpha value is -0.770. The Bertz CT molecular complexity index is 293. The van der Waals surface area contributed by atoms with Crippen LogP contribution < -0.4 is 11.1 Å². The summed E-state index contributed by atoms with van der Waals surface area (Å²) < 4.78 is 0. The van der Waals surface area contributed by atoms with E-state index in [2.05, 4.69) is 5.32 Å².